The highest BCUT2D eigenvalue weighted by molar-refractivity contribution is 5.89. The Bertz CT molecular complexity index is 608. The minimum absolute atomic E-state index is 0. The van der Waals surface area contributed by atoms with E-state index in [9.17, 15) is 0 Å². The van der Waals surface area contributed by atoms with Gasteiger partial charge in [0.2, 0.25) is 0 Å². The maximum atomic E-state index is 6.26. The summed E-state index contributed by atoms with van der Waals surface area (Å²) in [5.74, 6) is 1.11. The summed E-state index contributed by atoms with van der Waals surface area (Å²) < 4.78 is 6.26. The van der Waals surface area contributed by atoms with Crippen LogP contribution in [0.1, 0.15) is 38.2 Å². The quantitative estimate of drug-likeness (QED) is 0.798. The highest BCUT2D eigenvalue weighted by Gasteiger charge is 2.12. The summed E-state index contributed by atoms with van der Waals surface area (Å²) in [4.78, 5) is 2.54. The number of benzene rings is 2. The first-order valence-electron chi connectivity index (χ1n) is 8.74. The largest absolute Gasteiger partial charge is 1.00 e. The molecule has 0 aliphatic carbocycles. The van der Waals surface area contributed by atoms with Crippen molar-refractivity contribution in [3.05, 3.63) is 42.0 Å². The van der Waals surface area contributed by atoms with Gasteiger partial charge in [-0.05, 0) is 43.3 Å². The fourth-order valence-corrected chi connectivity index (χ4v) is 3.38. The molecule has 3 rings (SSSR count). The summed E-state index contributed by atoms with van der Waals surface area (Å²) in [5, 5.41) is 2.53. The highest BCUT2D eigenvalue weighted by Crippen LogP contribution is 2.30. The van der Waals surface area contributed by atoms with Crippen LogP contribution in [0, 0.1) is 0 Å². The maximum Gasteiger partial charge on any atom is 0.130 e. The number of likely N-dealkylation sites (tertiary alicyclic amines) is 1. The van der Waals surface area contributed by atoms with E-state index in [-0.39, 0.29) is 12.4 Å². The summed E-state index contributed by atoms with van der Waals surface area (Å²) in [6.07, 6.45) is 6.32. The molecule has 1 saturated heterocycles. The summed E-state index contributed by atoms with van der Waals surface area (Å²) in [7, 11) is 0. The lowest BCUT2D eigenvalue weighted by Crippen LogP contribution is -3.00. The first kappa shape index (κ1) is 18.1. The van der Waals surface area contributed by atoms with Gasteiger partial charge in [-0.25, -0.2) is 0 Å². The second-order valence-corrected chi connectivity index (χ2v) is 6.28. The van der Waals surface area contributed by atoms with Gasteiger partial charge in [0, 0.05) is 11.9 Å². The molecule has 23 heavy (non-hydrogen) atoms. The van der Waals surface area contributed by atoms with Crippen molar-refractivity contribution < 1.29 is 17.1 Å². The van der Waals surface area contributed by atoms with Crippen LogP contribution in [0.3, 0.4) is 0 Å². The van der Waals surface area contributed by atoms with Crippen molar-refractivity contribution >= 4 is 10.8 Å². The third-order valence-corrected chi connectivity index (χ3v) is 4.58. The van der Waals surface area contributed by atoms with Gasteiger partial charge in [0.25, 0.3) is 0 Å². The number of aryl methyl sites for hydroxylation is 1. The zero-order valence-corrected chi connectivity index (χ0v) is 14.8. The van der Waals surface area contributed by atoms with Gasteiger partial charge in [0.05, 0.1) is 0 Å². The topological polar surface area (TPSA) is 12.5 Å². The fraction of sp³-hybridized carbons (Fsp3) is 0.500. The Labute approximate surface area is 146 Å². The van der Waals surface area contributed by atoms with Gasteiger partial charge < -0.3 is 17.1 Å². The van der Waals surface area contributed by atoms with Gasteiger partial charge in [0.15, 0.2) is 0 Å². The van der Waals surface area contributed by atoms with Crippen LogP contribution in [0.5, 0.6) is 5.75 Å². The molecule has 1 fully saturated rings. The predicted octanol–water partition coefficient (Wildman–Crippen LogP) is 1.66. The number of halogens is 1. The van der Waals surface area contributed by atoms with Gasteiger partial charge in [-0.2, -0.15) is 0 Å². The lowest BCUT2D eigenvalue weighted by atomic mass is 10.0. The molecular formula is C20H27ClNO-. The highest BCUT2D eigenvalue weighted by atomic mass is 35.5. The molecule has 1 aliphatic rings. The van der Waals surface area contributed by atoms with Gasteiger partial charge in [0.1, 0.15) is 12.4 Å². The molecule has 3 heteroatoms. The van der Waals surface area contributed by atoms with Crippen LogP contribution < -0.4 is 17.1 Å². The SMILES string of the molecule is CCCc1ccc2ccccc2c1OCCN1CCCCC1.[Cl-]. The first-order valence-corrected chi connectivity index (χ1v) is 8.74. The molecule has 126 valence electrons. The Morgan fingerprint density at radius 3 is 2.57 bits per heavy atom. The molecule has 0 atom stereocenters. The van der Waals surface area contributed by atoms with Crippen LogP contribution in [0.25, 0.3) is 10.8 Å². The number of hydrogen-bond acceptors (Lipinski definition) is 2. The Balaban J connectivity index is 0.00000192. The Hall–Kier alpha value is -1.25. The van der Waals surface area contributed by atoms with E-state index in [1.54, 1.807) is 0 Å². The minimum Gasteiger partial charge on any atom is -1.00 e. The van der Waals surface area contributed by atoms with Gasteiger partial charge in [-0.15, -0.1) is 0 Å². The number of rotatable bonds is 6. The zero-order valence-electron chi connectivity index (χ0n) is 14.1. The second-order valence-electron chi connectivity index (χ2n) is 6.28. The van der Waals surface area contributed by atoms with Crippen molar-refractivity contribution in [2.75, 3.05) is 26.2 Å². The third-order valence-electron chi connectivity index (χ3n) is 4.58. The average Bonchev–Trinajstić information content (AvgIpc) is 2.57. The summed E-state index contributed by atoms with van der Waals surface area (Å²) >= 11 is 0. The minimum atomic E-state index is 0. The predicted molar refractivity (Wildman–Crippen MR) is 93.7 cm³/mol. The van der Waals surface area contributed by atoms with Crippen LogP contribution in [0.4, 0.5) is 0 Å². The fourth-order valence-electron chi connectivity index (χ4n) is 3.38. The Kier molecular flexibility index (Phi) is 7.19. The van der Waals surface area contributed by atoms with Crippen LogP contribution in [0.15, 0.2) is 36.4 Å². The molecule has 2 nitrogen and oxygen atoms in total. The van der Waals surface area contributed by atoms with Crippen molar-refractivity contribution in [3.8, 4) is 5.75 Å². The van der Waals surface area contributed by atoms with E-state index in [0.717, 1.165) is 31.7 Å². The monoisotopic (exact) mass is 332 g/mol. The molecule has 2 aromatic rings. The van der Waals surface area contributed by atoms with E-state index in [4.69, 9.17) is 4.74 Å². The lowest BCUT2D eigenvalue weighted by molar-refractivity contribution is -0.00000492. The molecule has 1 heterocycles. The van der Waals surface area contributed by atoms with E-state index < -0.39 is 0 Å². The van der Waals surface area contributed by atoms with Crippen molar-refractivity contribution in [2.24, 2.45) is 0 Å². The third kappa shape index (κ3) is 4.62. The smallest absolute Gasteiger partial charge is 0.130 e. The molecular weight excluding hydrogens is 306 g/mol. The summed E-state index contributed by atoms with van der Waals surface area (Å²) in [5.41, 5.74) is 1.35. The molecule has 0 aromatic heterocycles. The van der Waals surface area contributed by atoms with Crippen molar-refractivity contribution in [1.29, 1.82) is 0 Å². The number of nitrogens with zero attached hydrogens (tertiary/aromatic N) is 1. The molecule has 2 aromatic carbocycles. The molecule has 0 saturated carbocycles. The van der Waals surface area contributed by atoms with E-state index in [1.807, 2.05) is 0 Å². The zero-order chi connectivity index (χ0) is 15.2. The van der Waals surface area contributed by atoms with Crippen LogP contribution in [-0.4, -0.2) is 31.1 Å². The second kappa shape index (κ2) is 9.14. The van der Waals surface area contributed by atoms with E-state index in [2.05, 4.69) is 48.2 Å². The average molecular weight is 333 g/mol. The summed E-state index contributed by atoms with van der Waals surface area (Å²) in [6.45, 7) is 6.55. The van der Waals surface area contributed by atoms with Crippen LogP contribution >= 0.6 is 0 Å². The molecule has 0 amide bonds. The molecule has 0 bridgehead atoms. The van der Waals surface area contributed by atoms with Crippen LogP contribution in [-0.2, 0) is 6.42 Å². The van der Waals surface area contributed by atoms with Gasteiger partial charge in [-0.1, -0.05) is 56.2 Å². The Morgan fingerprint density at radius 2 is 1.78 bits per heavy atom. The van der Waals surface area contributed by atoms with Gasteiger partial charge >= 0.3 is 0 Å². The molecule has 0 radical (unpaired) electrons. The van der Waals surface area contributed by atoms with E-state index in [0.29, 0.717) is 0 Å². The molecule has 0 unspecified atom stereocenters. The Morgan fingerprint density at radius 1 is 1.00 bits per heavy atom. The number of hydrogen-bond donors (Lipinski definition) is 0. The number of piperidine rings is 1. The van der Waals surface area contributed by atoms with E-state index >= 15 is 0 Å². The normalized spacial score (nSPS) is 15.3. The molecule has 0 spiro atoms. The summed E-state index contributed by atoms with van der Waals surface area (Å²) in [6, 6.07) is 13.0. The van der Waals surface area contributed by atoms with Gasteiger partial charge in [-0.3, -0.25) is 4.90 Å². The first-order chi connectivity index (χ1) is 10.9. The van der Waals surface area contributed by atoms with Crippen molar-refractivity contribution in [1.82, 2.24) is 4.90 Å². The molecule has 1 aliphatic heterocycles. The van der Waals surface area contributed by atoms with Crippen LogP contribution in [0.2, 0.25) is 0 Å². The van der Waals surface area contributed by atoms with Crippen molar-refractivity contribution in [2.45, 2.75) is 39.0 Å². The maximum absolute atomic E-state index is 6.26. The van der Waals surface area contributed by atoms with Crippen molar-refractivity contribution in [3.63, 3.8) is 0 Å². The molecule has 0 N–H and O–H groups in total. The standard InChI is InChI=1S/C20H27NO.ClH/c1-2-8-18-12-11-17-9-4-5-10-19(17)20(18)22-16-15-21-13-6-3-7-14-21;/h4-5,9-12H,2-3,6-8,13-16H2,1H3;1H/p-1. The lowest BCUT2D eigenvalue weighted by Gasteiger charge is -2.26. The number of fused-ring (bicyclic) bond motifs is 1. The number of ether oxygens (including phenoxy) is 1. The van der Waals surface area contributed by atoms with E-state index in [1.165, 1.54) is 48.7 Å².